The highest BCUT2D eigenvalue weighted by Gasteiger charge is 2.15. The molecule has 0 spiro atoms. The molecule has 0 aromatic heterocycles. The van der Waals surface area contributed by atoms with Crippen LogP contribution in [0.4, 0.5) is 0 Å². The molecule has 0 heterocycles. The third kappa shape index (κ3) is 7.86. The van der Waals surface area contributed by atoms with Crippen molar-refractivity contribution >= 4 is 29.9 Å². The molecule has 0 amide bonds. The number of rotatable bonds is 11. The van der Waals surface area contributed by atoms with E-state index in [-0.39, 0.29) is 24.0 Å². The number of aliphatic imine (C=N–C) groups is 1. The van der Waals surface area contributed by atoms with Crippen molar-refractivity contribution in [3.63, 3.8) is 0 Å². The van der Waals surface area contributed by atoms with Gasteiger partial charge in [-0.3, -0.25) is 0 Å². The monoisotopic (exact) mass is 481 g/mol. The Morgan fingerprint density at radius 1 is 1.00 bits per heavy atom. The molecule has 0 saturated carbocycles. The minimum absolute atomic E-state index is 0. The van der Waals surface area contributed by atoms with E-state index in [1.807, 2.05) is 26.0 Å². The maximum atomic E-state index is 5.50. The summed E-state index contributed by atoms with van der Waals surface area (Å²) in [6, 6.07) is 3.79. The molecule has 150 valence electrons. The Morgan fingerprint density at radius 3 is 2.31 bits per heavy atom. The highest BCUT2D eigenvalue weighted by molar-refractivity contribution is 14.0. The van der Waals surface area contributed by atoms with Gasteiger partial charge in [0.1, 0.15) is 0 Å². The van der Waals surface area contributed by atoms with Crippen LogP contribution in [0.3, 0.4) is 0 Å². The van der Waals surface area contributed by atoms with Crippen LogP contribution in [-0.4, -0.2) is 53.6 Å². The van der Waals surface area contributed by atoms with Crippen LogP contribution in [0.5, 0.6) is 17.2 Å². The van der Waals surface area contributed by atoms with Gasteiger partial charge in [-0.2, -0.15) is 0 Å². The summed E-state index contributed by atoms with van der Waals surface area (Å²) in [6.07, 6.45) is 0.929. The average Bonchev–Trinajstić information content (AvgIpc) is 2.64. The molecule has 7 nitrogen and oxygen atoms in total. The number of nitrogens with one attached hydrogen (secondary N) is 2. The van der Waals surface area contributed by atoms with Gasteiger partial charge in [-0.05, 0) is 32.4 Å². The number of hydrogen-bond donors (Lipinski definition) is 2. The van der Waals surface area contributed by atoms with E-state index >= 15 is 0 Å². The van der Waals surface area contributed by atoms with Gasteiger partial charge >= 0.3 is 0 Å². The van der Waals surface area contributed by atoms with Crippen molar-refractivity contribution in [2.45, 2.75) is 26.8 Å². The third-order valence-electron chi connectivity index (χ3n) is 3.50. The van der Waals surface area contributed by atoms with Gasteiger partial charge in [-0.1, -0.05) is 0 Å². The Hall–Kier alpha value is -1.42. The molecule has 1 aromatic carbocycles. The first-order valence-corrected chi connectivity index (χ1v) is 8.59. The molecule has 1 aromatic rings. The second-order valence-corrected chi connectivity index (χ2v) is 5.17. The Kier molecular flexibility index (Phi) is 13.9. The maximum Gasteiger partial charge on any atom is 0.203 e. The smallest absolute Gasteiger partial charge is 0.203 e. The summed E-state index contributed by atoms with van der Waals surface area (Å²) >= 11 is 0. The van der Waals surface area contributed by atoms with Crippen LogP contribution < -0.4 is 24.8 Å². The van der Waals surface area contributed by atoms with Crippen molar-refractivity contribution in [2.24, 2.45) is 4.99 Å². The zero-order valence-corrected chi connectivity index (χ0v) is 18.7. The van der Waals surface area contributed by atoms with E-state index in [1.165, 1.54) is 0 Å². The fourth-order valence-electron chi connectivity index (χ4n) is 2.32. The lowest BCUT2D eigenvalue weighted by atomic mass is 10.1. The van der Waals surface area contributed by atoms with Crippen molar-refractivity contribution in [3.05, 3.63) is 17.7 Å². The van der Waals surface area contributed by atoms with E-state index in [9.17, 15) is 0 Å². The van der Waals surface area contributed by atoms with Crippen LogP contribution >= 0.6 is 24.0 Å². The first-order chi connectivity index (χ1) is 12.2. The average molecular weight is 481 g/mol. The molecular weight excluding hydrogens is 449 g/mol. The lowest BCUT2D eigenvalue weighted by Gasteiger charge is -2.15. The molecule has 1 rings (SSSR count). The van der Waals surface area contributed by atoms with Crippen molar-refractivity contribution in [1.29, 1.82) is 0 Å². The number of halogens is 1. The highest BCUT2D eigenvalue weighted by atomic mass is 127. The lowest BCUT2D eigenvalue weighted by molar-refractivity contribution is 0.145. The predicted octanol–water partition coefficient (Wildman–Crippen LogP) is 2.81. The van der Waals surface area contributed by atoms with Gasteiger partial charge in [-0.15, -0.1) is 24.0 Å². The van der Waals surface area contributed by atoms with Crippen LogP contribution in [-0.2, 0) is 11.3 Å². The van der Waals surface area contributed by atoms with Crippen LogP contribution in [0.2, 0.25) is 0 Å². The number of hydrogen-bond acceptors (Lipinski definition) is 5. The summed E-state index contributed by atoms with van der Waals surface area (Å²) in [7, 11) is 4.81. The van der Waals surface area contributed by atoms with Crippen LogP contribution in [0, 0.1) is 0 Å². The molecule has 0 atom stereocenters. The zero-order valence-electron chi connectivity index (χ0n) is 16.4. The lowest BCUT2D eigenvalue weighted by Crippen LogP contribution is -2.38. The molecule has 0 radical (unpaired) electrons. The fourth-order valence-corrected chi connectivity index (χ4v) is 2.32. The summed E-state index contributed by atoms with van der Waals surface area (Å²) in [4.78, 5) is 4.62. The van der Waals surface area contributed by atoms with Crippen LogP contribution in [0.25, 0.3) is 0 Å². The first kappa shape index (κ1) is 24.6. The molecule has 0 aliphatic heterocycles. The van der Waals surface area contributed by atoms with E-state index in [4.69, 9.17) is 18.9 Å². The number of benzene rings is 1. The summed E-state index contributed by atoms with van der Waals surface area (Å²) in [5, 5.41) is 6.53. The molecule has 0 aliphatic rings. The standard InChI is InChI=1S/C18H31N3O4.HI/c1-6-19-18(20-11-8-12-25-7-2)21-13-14-9-10-15(22-3)17(24-5)16(14)23-4;/h9-10H,6-8,11-13H2,1-5H3,(H2,19,20,21);1H. The van der Waals surface area contributed by atoms with Gasteiger partial charge in [-0.25, -0.2) is 4.99 Å². The van der Waals surface area contributed by atoms with Gasteiger partial charge in [0.05, 0.1) is 27.9 Å². The third-order valence-corrected chi connectivity index (χ3v) is 3.50. The molecule has 0 bridgehead atoms. The van der Waals surface area contributed by atoms with Crippen molar-refractivity contribution in [2.75, 3.05) is 47.6 Å². The van der Waals surface area contributed by atoms with Gasteiger partial charge in [0, 0.05) is 31.9 Å². The number of methoxy groups -OCH3 is 3. The SMILES string of the molecule is CCNC(=NCc1ccc(OC)c(OC)c1OC)NCCCOCC.I. The number of ether oxygens (including phenoxy) is 4. The molecular formula is C18H32IN3O4. The molecule has 0 saturated heterocycles. The minimum Gasteiger partial charge on any atom is -0.493 e. The summed E-state index contributed by atoms with van der Waals surface area (Å²) < 4.78 is 21.6. The molecule has 0 aliphatic carbocycles. The van der Waals surface area contributed by atoms with Crippen LogP contribution in [0.1, 0.15) is 25.8 Å². The van der Waals surface area contributed by atoms with Crippen LogP contribution in [0.15, 0.2) is 17.1 Å². The zero-order chi connectivity index (χ0) is 18.5. The quantitative estimate of drug-likeness (QED) is 0.219. The van der Waals surface area contributed by atoms with Gasteiger partial charge in [0.15, 0.2) is 17.5 Å². The maximum absolute atomic E-state index is 5.50. The predicted molar refractivity (Wildman–Crippen MR) is 115 cm³/mol. The molecule has 26 heavy (non-hydrogen) atoms. The van der Waals surface area contributed by atoms with Crippen molar-refractivity contribution < 1.29 is 18.9 Å². The van der Waals surface area contributed by atoms with E-state index in [0.29, 0.717) is 23.8 Å². The molecule has 2 N–H and O–H groups in total. The Labute approximate surface area is 173 Å². The highest BCUT2D eigenvalue weighted by Crippen LogP contribution is 2.39. The molecule has 0 fully saturated rings. The van der Waals surface area contributed by atoms with E-state index in [2.05, 4.69) is 15.6 Å². The summed E-state index contributed by atoms with van der Waals surface area (Å²) in [5.41, 5.74) is 0.923. The van der Waals surface area contributed by atoms with E-state index in [1.54, 1.807) is 21.3 Å². The van der Waals surface area contributed by atoms with Crippen molar-refractivity contribution in [1.82, 2.24) is 10.6 Å². The number of nitrogens with zero attached hydrogens (tertiary/aromatic N) is 1. The summed E-state index contributed by atoms with van der Waals surface area (Å²) in [5.74, 6) is 2.61. The molecule has 8 heteroatoms. The largest absolute Gasteiger partial charge is 0.493 e. The fraction of sp³-hybridized carbons (Fsp3) is 0.611. The second-order valence-electron chi connectivity index (χ2n) is 5.17. The van der Waals surface area contributed by atoms with Crippen molar-refractivity contribution in [3.8, 4) is 17.2 Å². The van der Waals surface area contributed by atoms with E-state index < -0.39 is 0 Å². The minimum atomic E-state index is 0. The van der Waals surface area contributed by atoms with E-state index in [0.717, 1.165) is 44.2 Å². The Bertz CT molecular complexity index is 541. The normalized spacial score (nSPS) is 10.7. The topological polar surface area (TPSA) is 73.3 Å². The first-order valence-electron chi connectivity index (χ1n) is 8.59. The Morgan fingerprint density at radius 2 is 1.73 bits per heavy atom. The summed E-state index contributed by atoms with van der Waals surface area (Å²) in [6.45, 7) is 7.57. The van der Waals surface area contributed by atoms with Gasteiger partial charge < -0.3 is 29.6 Å². The Balaban J connectivity index is 0.00000625. The number of guanidine groups is 1. The second kappa shape index (κ2) is 14.7. The molecule has 0 unspecified atom stereocenters. The van der Waals surface area contributed by atoms with Gasteiger partial charge in [0.25, 0.3) is 0 Å². The van der Waals surface area contributed by atoms with Gasteiger partial charge in [0.2, 0.25) is 5.75 Å².